The molecule has 0 aliphatic heterocycles. The molecule has 14 heavy (non-hydrogen) atoms. The molecule has 78 valence electrons. The lowest BCUT2D eigenvalue weighted by atomic mass is 9.88. The molecule has 0 saturated heterocycles. The topological polar surface area (TPSA) is 97.8 Å². The van der Waals surface area contributed by atoms with Gasteiger partial charge in [0, 0.05) is 6.42 Å². The molecular weight excluding hydrogens is 184 g/mol. The molecule has 0 aliphatic rings. The van der Waals surface area contributed by atoms with E-state index in [1.165, 1.54) is 6.20 Å². The lowest BCUT2D eigenvalue weighted by molar-refractivity contribution is -0.385. The predicted molar refractivity (Wildman–Crippen MR) is 51.8 cm³/mol. The number of rotatable bonds is 4. The van der Waals surface area contributed by atoms with E-state index in [4.69, 9.17) is 5.73 Å². The fourth-order valence-corrected chi connectivity index (χ4v) is 1.14. The van der Waals surface area contributed by atoms with Gasteiger partial charge in [-0.15, -0.1) is 0 Å². The number of nitrogens with two attached hydrogens (primary N) is 1. The molecule has 6 nitrogen and oxygen atoms in total. The van der Waals surface area contributed by atoms with Crippen LogP contribution in [-0.2, 0) is 6.42 Å². The van der Waals surface area contributed by atoms with Gasteiger partial charge in [-0.3, -0.25) is 15.2 Å². The van der Waals surface area contributed by atoms with Crippen LogP contribution in [0.5, 0.6) is 0 Å². The van der Waals surface area contributed by atoms with Crippen molar-refractivity contribution in [2.45, 2.75) is 20.3 Å². The van der Waals surface area contributed by atoms with Crippen LogP contribution in [0.4, 0.5) is 5.69 Å². The number of H-pyrrole nitrogens is 1. The van der Waals surface area contributed by atoms with Crippen LogP contribution in [0.2, 0.25) is 0 Å². The summed E-state index contributed by atoms with van der Waals surface area (Å²) in [5, 5.41) is 16.9. The highest BCUT2D eigenvalue weighted by molar-refractivity contribution is 5.32. The Labute approximate surface area is 81.6 Å². The van der Waals surface area contributed by atoms with E-state index in [-0.39, 0.29) is 11.1 Å². The SMILES string of the molecule is CC(C)(CN)Cc1[nH]ncc1[N+](=O)[O-]. The maximum Gasteiger partial charge on any atom is 0.309 e. The van der Waals surface area contributed by atoms with Crippen molar-refractivity contribution in [1.82, 2.24) is 10.2 Å². The maximum atomic E-state index is 10.6. The van der Waals surface area contributed by atoms with Crippen molar-refractivity contribution in [2.24, 2.45) is 11.1 Å². The van der Waals surface area contributed by atoms with Crippen molar-refractivity contribution < 1.29 is 4.92 Å². The van der Waals surface area contributed by atoms with Gasteiger partial charge in [-0.25, -0.2) is 0 Å². The van der Waals surface area contributed by atoms with Gasteiger partial charge in [-0.05, 0) is 12.0 Å². The third-order valence-corrected chi connectivity index (χ3v) is 2.10. The second-order valence-electron chi connectivity index (χ2n) is 4.04. The van der Waals surface area contributed by atoms with Crippen molar-refractivity contribution in [2.75, 3.05) is 6.54 Å². The average molecular weight is 198 g/mol. The van der Waals surface area contributed by atoms with Gasteiger partial charge in [0.15, 0.2) is 0 Å². The minimum atomic E-state index is -0.439. The van der Waals surface area contributed by atoms with Gasteiger partial charge in [0.2, 0.25) is 0 Å². The average Bonchev–Trinajstić information content (AvgIpc) is 2.51. The third-order valence-electron chi connectivity index (χ3n) is 2.10. The molecule has 0 amide bonds. The van der Waals surface area contributed by atoms with E-state index in [1.807, 2.05) is 13.8 Å². The standard InChI is InChI=1S/C8H14N4O2/c1-8(2,5-9)3-6-7(12(13)14)4-10-11-6/h4H,3,5,9H2,1-2H3,(H,10,11). The molecule has 0 radical (unpaired) electrons. The summed E-state index contributed by atoms with van der Waals surface area (Å²) in [5.74, 6) is 0. The Morgan fingerprint density at radius 2 is 2.36 bits per heavy atom. The van der Waals surface area contributed by atoms with E-state index >= 15 is 0 Å². The monoisotopic (exact) mass is 198 g/mol. The first-order valence-corrected chi connectivity index (χ1v) is 4.33. The van der Waals surface area contributed by atoms with E-state index in [9.17, 15) is 10.1 Å². The molecule has 0 atom stereocenters. The Morgan fingerprint density at radius 3 is 2.86 bits per heavy atom. The fraction of sp³-hybridized carbons (Fsp3) is 0.625. The number of hydrogen-bond donors (Lipinski definition) is 2. The molecule has 0 fully saturated rings. The van der Waals surface area contributed by atoms with Gasteiger partial charge in [-0.1, -0.05) is 13.8 Å². The Balaban J connectivity index is 2.86. The van der Waals surface area contributed by atoms with Gasteiger partial charge in [0.1, 0.15) is 11.9 Å². The van der Waals surface area contributed by atoms with E-state index in [2.05, 4.69) is 10.2 Å². The molecular formula is C8H14N4O2. The van der Waals surface area contributed by atoms with Gasteiger partial charge in [0.25, 0.3) is 0 Å². The number of aromatic amines is 1. The lowest BCUT2D eigenvalue weighted by Crippen LogP contribution is -2.26. The van der Waals surface area contributed by atoms with Crippen LogP contribution in [0.3, 0.4) is 0 Å². The van der Waals surface area contributed by atoms with Gasteiger partial charge in [-0.2, -0.15) is 5.10 Å². The largest absolute Gasteiger partial charge is 0.330 e. The highest BCUT2D eigenvalue weighted by Crippen LogP contribution is 2.24. The van der Waals surface area contributed by atoms with Crippen LogP contribution in [0.1, 0.15) is 19.5 Å². The summed E-state index contributed by atoms with van der Waals surface area (Å²) in [5.41, 5.74) is 5.96. The van der Waals surface area contributed by atoms with Crippen molar-refractivity contribution in [1.29, 1.82) is 0 Å². The zero-order valence-electron chi connectivity index (χ0n) is 8.28. The maximum absolute atomic E-state index is 10.6. The smallest absolute Gasteiger partial charge is 0.309 e. The predicted octanol–water partition coefficient (Wildman–Crippen LogP) is 0.845. The summed E-state index contributed by atoms with van der Waals surface area (Å²) >= 11 is 0. The third kappa shape index (κ3) is 2.29. The molecule has 1 rings (SSSR count). The molecule has 0 unspecified atom stereocenters. The molecule has 6 heteroatoms. The van der Waals surface area contributed by atoms with Gasteiger partial charge in [0.05, 0.1) is 4.92 Å². The highest BCUT2D eigenvalue weighted by atomic mass is 16.6. The first-order valence-electron chi connectivity index (χ1n) is 4.33. The minimum Gasteiger partial charge on any atom is -0.330 e. The zero-order valence-corrected chi connectivity index (χ0v) is 8.28. The highest BCUT2D eigenvalue weighted by Gasteiger charge is 2.24. The van der Waals surface area contributed by atoms with E-state index < -0.39 is 4.92 Å². The summed E-state index contributed by atoms with van der Waals surface area (Å²) in [7, 11) is 0. The van der Waals surface area contributed by atoms with E-state index in [0.717, 1.165) is 0 Å². The molecule has 1 aromatic heterocycles. The Kier molecular flexibility index (Phi) is 2.85. The summed E-state index contributed by atoms with van der Waals surface area (Å²) in [4.78, 5) is 10.1. The minimum absolute atomic E-state index is 0.0338. The second-order valence-corrected chi connectivity index (χ2v) is 4.04. The Hall–Kier alpha value is -1.43. The van der Waals surface area contributed by atoms with E-state index in [1.54, 1.807) is 0 Å². The number of hydrogen-bond acceptors (Lipinski definition) is 4. The Morgan fingerprint density at radius 1 is 1.71 bits per heavy atom. The summed E-state index contributed by atoms with van der Waals surface area (Å²) in [6, 6.07) is 0. The summed E-state index contributed by atoms with van der Waals surface area (Å²) in [6.07, 6.45) is 1.75. The van der Waals surface area contributed by atoms with Crippen molar-refractivity contribution >= 4 is 5.69 Å². The van der Waals surface area contributed by atoms with Crippen LogP contribution in [0.15, 0.2) is 6.20 Å². The summed E-state index contributed by atoms with van der Waals surface area (Å²) in [6.45, 7) is 4.39. The van der Waals surface area contributed by atoms with E-state index in [0.29, 0.717) is 18.7 Å². The quantitative estimate of drug-likeness (QED) is 0.553. The molecule has 0 aromatic carbocycles. The van der Waals surface area contributed by atoms with Crippen LogP contribution in [0, 0.1) is 15.5 Å². The molecule has 0 spiro atoms. The molecule has 0 saturated carbocycles. The van der Waals surface area contributed by atoms with Gasteiger partial charge >= 0.3 is 5.69 Å². The Bertz CT molecular complexity index is 332. The molecule has 1 heterocycles. The van der Waals surface area contributed by atoms with Crippen LogP contribution in [-0.4, -0.2) is 21.7 Å². The van der Waals surface area contributed by atoms with Crippen molar-refractivity contribution in [3.05, 3.63) is 22.0 Å². The normalized spacial score (nSPS) is 11.6. The number of aromatic nitrogens is 2. The molecule has 0 bridgehead atoms. The lowest BCUT2D eigenvalue weighted by Gasteiger charge is -2.20. The van der Waals surface area contributed by atoms with Crippen LogP contribution >= 0.6 is 0 Å². The van der Waals surface area contributed by atoms with Crippen molar-refractivity contribution in [3.63, 3.8) is 0 Å². The van der Waals surface area contributed by atoms with Gasteiger partial charge < -0.3 is 5.73 Å². The number of nitro groups is 1. The summed E-state index contributed by atoms with van der Waals surface area (Å²) < 4.78 is 0. The van der Waals surface area contributed by atoms with Crippen molar-refractivity contribution in [3.8, 4) is 0 Å². The molecule has 1 aromatic rings. The number of nitrogens with one attached hydrogen (secondary N) is 1. The second kappa shape index (κ2) is 3.75. The van der Waals surface area contributed by atoms with Crippen LogP contribution in [0.25, 0.3) is 0 Å². The molecule has 3 N–H and O–H groups in total. The fourth-order valence-electron chi connectivity index (χ4n) is 1.14. The molecule has 0 aliphatic carbocycles. The first-order chi connectivity index (χ1) is 6.46. The number of nitrogens with zero attached hydrogens (tertiary/aromatic N) is 2. The zero-order chi connectivity index (χ0) is 10.8. The first kappa shape index (κ1) is 10.6. The van der Waals surface area contributed by atoms with Crippen LogP contribution < -0.4 is 5.73 Å².